The Hall–Kier alpha value is -3.70. The lowest BCUT2D eigenvalue weighted by atomic mass is 9.93. The maximum absolute atomic E-state index is 9.16. The lowest BCUT2D eigenvalue weighted by molar-refractivity contribution is 1.31. The second kappa shape index (κ2) is 5.68. The van der Waals surface area contributed by atoms with E-state index in [4.69, 9.17) is 5.26 Å². The van der Waals surface area contributed by atoms with Gasteiger partial charge in [-0.3, -0.25) is 4.98 Å². The fraction of sp³-hybridized carbons (Fsp3) is 0. The van der Waals surface area contributed by atoms with Crippen LogP contribution in [0.3, 0.4) is 0 Å². The summed E-state index contributed by atoms with van der Waals surface area (Å²) in [5, 5.41) is 16.6. The topological polar surface area (TPSA) is 36.7 Å². The summed E-state index contributed by atoms with van der Waals surface area (Å²) in [7, 11) is 0. The van der Waals surface area contributed by atoms with Crippen LogP contribution in [0.25, 0.3) is 43.6 Å². The van der Waals surface area contributed by atoms with E-state index in [0.29, 0.717) is 5.56 Å². The molecule has 0 atom stereocenters. The van der Waals surface area contributed by atoms with Crippen LogP contribution in [0.4, 0.5) is 0 Å². The third kappa shape index (κ3) is 2.15. The van der Waals surface area contributed by atoms with Crippen molar-refractivity contribution in [2.45, 2.75) is 0 Å². The van der Waals surface area contributed by atoms with Crippen molar-refractivity contribution in [2.75, 3.05) is 0 Å². The molecule has 0 spiro atoms. The maximum Gasteiger partial charge on any atom is 0.0992 e. The molecule has 4 aromatic carbocycles. The van der Waals surface area contributed by atoms with E-state index >= 15 is 0 Å². The van der Waals surface area contributed by atoms with Crippen molar-refractivity contribution in [1.82, 2.24) is 4.98 Å². The predicted octanol–water partition coefficient (Wildman–Crippen LogP) is 6.08. The summed E-state index contributed by atoms with van der Waals surface area (Å²) < 4.78 is 0. The molecule has 1 heterocycles. The molecule has 5 rings (SSSR count). The molecule has 0 bridgehead atoms. The summed E-state index contributed by atoms with van der Waals surface area (Å²) in [4.78, 5) is 4.46. The maximum atomic E-state index is 9.16. The Balaban J connectivity index is 1.90. The monoisotopic (exact) mass is 330 g/mol. The van der Waals surface area contributed by atoms with Crippen LogP contribution >= 0.6 is 0 Å². The van der Waals surface area contributed by atoms with Crippen LogP contribution in [-0.4, -0.2) is 4.98 Å². The molecular formula is C24H14N2. The summed E-state index contributed by atoms with van der Waals surface area (Å²) >= 11 is 0. The van der Waals surface area contributed by atoms with Gasteiger partial charge in [-0.25, -0.2) is 0 Å². The zero-order chi connectivity index (χ0) is 17.5. The first-order chi connectivity index (χ1) is 12.8. The fourth-order valence-corrected chi connectivity index (χ4v) is 3.72. The minimum absolute atomic E-state index is 0.624. The van der Waals surface area contributed by atoms with Crippen molar-refractivity contribution in [3.63, 3.8) is 0 Å². The Morgan fingerprint density at radius 3 is 1.81 bits per heavy atom. The van der Waals surface area contributed by atoms with Crippen molar-refractivity contribution in [3.8, 4) is 17.3 Å². The molecule has 0 aliphatic rings. The van der Waals surface area contributed by atoms with Crippen molar-refractivity contribution in [2.24, 2.45) is 0 Å². The van der Waals surface area contributed by atoms with Crippen LogP contribution in [0.1, 0.15) is 5.56 Å². The van der Waals surface area contributed by atoms with Crippen LogP contribution in [0.2, 0.25) is 0 Å². The number of benzene rings is 4. The number of aromatic nitrogens is 1. The molecule has 26 heavy (non-hydrogen) atoms. The van der Waals surface area contributed by atoms with Gasteiger partial charge in [0.05, 0.1) is 17.3 Å². The Labute approximate surface area is 151 Å². The first-order valence-electron chi connectivity index (χ1n) is 8.55. The van der Waals surface area contributed by atoms with Crippen LogP contribution in [0.15, 0.2) is 85.1 Å². The van der Waals surface area contributed by atoms with E-state index in [-0.39, 0.29) is 0 Å². The van der Waals surface area contributed by atoms with Gasteiger partial charge in [0, 0.05) is 11.8 Å². The van der Waals surface area contributed by atoms with Gasteiger partial charge in [-0.05, 0) is 50.5 Å². The summed E-state index contributed by atoms with van der Waals surface area (Å²) in [6.45, 7) is 0. The molecule has 120 valence electrons. The second-order valence-corrected chi connectivity index (χ2v) is 6.39. The van der Waals surface area contributed by atoms with Crippen molar-refractivity contribution in [3.05, 3.63) is 90.6 Å². The molecule has 0 saturated heterocycles. The normalized spacial score (nSPS) is 11.0. The van der Waals surface area contributed by atoms with Crippen LogP contribution < -0.4 is 0 Å². The van der Waals surface area contributed by atoms with Crippen molar-refractivity contribution < 1.29 is 0 Å². The molecule has 0 aliphatic carbocycles. The highest BCUT2D eigenvalue weighted by Crippen LogP contribution is 2.36. The molecule has 1 aromatic heterocycles. The first-order valence-corrected chi connectivity index (χ1v) is 8.55. The molecular weight excluding hydrogens is 316 g/mol. The van der Waals surface area contributed by atoms with E-state index in [0.717, 1.165) is 11.3 Å². The minimum atomic E-state index is 0.624. The van der Waals surface area contributed by atoms with Crippen molar-refractivity contribution in [1.29, 1.82) is 5.26 Å². The Bertz CT molecular complexity index is 1310. The van der Waals surface area contributed by atoms with Gasteiger partial charge in [-0.15, -0.1) is 0 Å². The number of hydrogen-bond acceptors (Lipinski definition) is 2. The van der Waals surface area contributed by atoms with E-state index in [9.17, 15) is 0 Å². The Morgan fingerprint density at radius 1 is 0.615 bits per heavy atom. The summed E-state index contributed by atoms with van der Waals surface area (Å²) in [6.07, 6.45) is 1.69. The predicted molar refractivity (Wildman–Crippen MR) is 107 cm³/mol. The van der Waals surface area contributed by atoms with E-state index in [1.54, 1.807) is 12.3 Å². The average Bonchev–Trinajstić information content (AvgIpc) is 2.73. The number of nitrogens with zero attached hydrogens (tertiary/aromatic N) is 2. The number of pyridine rings is 1. The Kier molecular flexibility index (Phi) is 3.20. The molecule has 2 nitrogen and oxygen atoms in total. The highest BCUT2D eigenvalue weighted by atomic mass is 14.7. The smallest absolute Gasteiger partial charge is 0.0992 e. The van der Waals surface area contributed by atoms with Crippen LogP contribution in [0, 0.1) is 11.3 Å². The van der Waals surface area contributed by atoms with E-state index in [1.165, 1.54) is 32.3 Å². The number of hydrogen-bond donors (Lipinski definition) is 0. The van der Waals surface area contributed by atoms with Gasteiger partial charge in [0.1, 0.15) is 0 Å². The quantitative estimate of drug-likeness (QED) is 0.349. The molecule has 0 radical (unpaired) electrons. The van der Waals surface area contributed by atoms with Gasteiger partial charge in [0.2, 0.25) is 0 Å². The van der Waals surface area contributed by atoms with Crippen LogP contribution in [0.5, 0.6) is 0 Å². The molecule has 2 heteroatoms. The van der Waals surface area contributed by atoms with Gasteiger partial charge in [-0.2, -0.15) is 5.26 Å². The number of fused-ring (bicyclic) bond motifs is 6. The summed E-state index contributed by atoms with van der Waals surface area (Å²) in [5.41, 5.74) is 2.47. The molecule has 0 N–H and O–H groups in total. The lowest BCUT2D eigenvalue weighted by Gasteiger charge is -2.11. The largest absolute Gasteiger partial charge is 0.256 e. The molecule has 0 amide bonds. The summed E-state index contributed by atoms with van der Waals surface area (Å²) in [5.74, 6) is 0. The standard InChI is InChI=1S/C24H14N2/c25-15-16-11-12-26-24(13-16)17-9-10-22-20-7-2-1-5-18(20)19-6-3-4-8-21(19)23(22)14-17/h1-14H. The van der Waals surface area contributed by atoms with Gasteiger partial charge in [0.15, 0.2) is 0 Å². The van der Waals surface area contributed by atoms with E-state index in [2.05, 4.69) is 77.8 Å². The van der Waals surface area contributed by atoms with Gasteiger partial charge < -0.3 is 0 Å². The van der Waals surface area contributed by atoms with Gasteiger partial charge >= 0.3 is 0 Å². The van der Waals surface area contributed by atoms with Gasteiger partial charge in [0.25, 0.3) is 0 Å². The fourth-order valence-electron chi connectivity index (χ4n) is 3.72. The van der Waals surface area contributed by atoms with E-state index < -0.39 is 0 Å². The van der Waals surface area contributed by atoms with Gasteiger partial charge in [-0.1, -0.05) is 60.7 Å². The highest BCUT2D eigenvalue weighted by molar-refractivity contribution is 6.25. The Morgan fingerprint density at radius 2 is 1.19 bits per heavy atom. The van der Waals surface area contributed by atoms with Crippen molar-refractivity contribution >= 4 is 32.3 Å². The minimum Gasteiger partial charge on any atom is -0.256 e. The molecule has 5 aromatic rings. The number of rotatable bonds is 1. The zero-order valence-corrected chi connectivity index (χ0v) is 14.0. The molecule has 0 aliphatic heterocycles. The number of nitriles is 1. The molecule has 0 saturated carbocycles. The highest BCUT2D eigenvalue weighted by Gasteiger charge is 2.10. The lowest BCUT2D eigenvalue weighted by Crippen LogP contribution is -1.87. The second-order valence-electron chi connectivity index (χ2n) is 6.39. The zero-order valence-electron chi connectivity index (χ0n) is 14.0. The summed E-state index contributed by atoms with van der Waals surface area (Å²) in [6, 6.07) is 29.3. The molecule has 0 unspecified atom stereocenters. The van der Waals surface area contributed by atoms with Crippen LogP contribution in [-0.2, 0) is 0 Å². The molecule has 0 fully saturated rings. The van der Waals surface area contributed by atoms with E-state index in [1.807, 2.05) is 6.07 Å². The SMILES string of the molecule is N#Cc1ccnc(-c2ccc3c4ccccc4c4ccccc4c3c2)c1. The third-order valence-corrected chi connectivity index (χ3v) is 4.93. The average molecular weight is 330 g/mol. The third-order valence-electron chi connectivity index (χ3n) is 4.93. The first kappa shape index (κ1) is 14.6.